The predicted molar refractivity (Wildman–Crippen MR) is 76.3 cm³/mol. The molecular weight excluding hydrogens is 303 g/mol. The Morgan fingerprint density at radius 1 is 1.05 bits per heavy atom. The molecule has 2 aromatic rings. The maximum absolute atomic E-state index is 13.8. The standard InChI is InChI=1S/C15H7Cl2F2N/c16-11-2-3-12(15(19)7-11)10(8-20)5-9-1-4-14(18)13(17)6-9/h1-7H/b10-5+. The van der Waals surface area contributed by atoms with Crippen molar-refractivity contribution in [3.63, 3.8) is 0 Å². The summed E-state index contributed by atoms with van der Waals surface area (Å²) in [5.41, 5.74) is 0.724. The molecular formula is C15H7Cl2F2N. The van der Waals surface area contributed by atoms with Crippen LogP contribution in [0.1, 0.15) is 11.1 Å². The summed E-state index contributed by atoms with van der Waals surface area (Å²) in [5, 5.41) is 9.31. The van der Waals surface area contributed by atoms with Crippen LogP contribution in [0.15, 0.2) is 36.4 Å². The van der Waals surface area contributed by atoms with E-state index in [0.29, 0.717) is 5.56 Å². The van der Waals surface area contributed by atoms with Gasteiger partial charge in [0.25, 0.3) is 0 Å². The number of halogens is 4. The highest BCUT2D eigenvalue weighted by Gasteiger charge is 2.09. The average Bonchev–Trinajstić information content (AvgIpc) is 2.41. The molecule has 0 aromatic heterocycles. The van der Waals surface area contributed by atoms with Crippen LogP contribution in [0.2, 0.25) is 10.0 Å². The largest absolute Gasteiger partial charge is 0.206 e. The van der Waals surface area contributed by atoms with Gasteiger partial charge < -0.3 is 0 Å². The van der Waals surface area contributed by atoms with Crippen molar-refractivity contribution in [3.05, 3.63) is 69.2 Å². The molecule has 0 radical (unpaired) electrons. The molecule has 0 saturated heterocycles. The minimum atomic E-state index is -0.599. The van der Waals surface area contributed by atoms with Gasteiger partial charge in [-0.3, -0.25) is 0 Å². The Morgan fingerprint density at radius 2 is 1.80 bits per heavy atom. The Labute approximate surface area is 124 Å². The van der Waals surface area contributed by atoms with Gasteiger partial charge >= 0.3 is 0 Å². The molecule has 0 N–H and O–H groups in total. The first-order valence-electron chi connectivity index (χ1n) is 5.53. The second kappa shape index (κ2) is 6.04. The molecule has 5 heteroatoms. The van der Waals surface area contributed by atoms with Crippen LogP contribution in [0.3, 0.4) is 0 Å². The number of nitriles is 1. The summed E-state index contributed by atoms with van der Waals surface area (Å²) >= 11 is 11.3. The average molecular weight is 310 g/mol. The minimum absolute atomic E-state index is 0.0624. The third-order valence-electron chi connectivity index (χ3n) is 2.60. The number of hydrogen-bond acceptors (Lipinski definition) is 1. The maximum Gasteiger partial charge on any atom is 0.141 e. The van der Waals surface area contributed by atoms with Gasteiger partial charge in [0.2, 0.25) is 0 Å². The Bertz CT molecular complexity index is 733. The van der Waals surface area contributed by atoms with E-state index in [1.807, 2.05) is 6.07 Å². The normalized spacial score (nSPS) is 11.2. The molecule has 0 heterocycles. The highest BCUT2D eigenvalue weighted by atomic mass is 35.5. The van der Waals surface area contributed by atoms with Crippen LogP contribution in [-0.4, -0.2) is 0 Å². The van der Waals surface area contributed by atoms with Gasteiger partial charge in [-0.2, -0.15) is 5.26 Å². The van der Waals surface area contributed by atoms with Gasteiger partial charge in [0.05, 0.1) is 16.7 Å². The van der Waals surface area contributed by atoms with Crippen LogP contribution in [-0.2, 0) is 0 Å². The lowest BCUT2D eigenvalue weighted by Gasteiger charge is -2.03. The zero-order valence-electron chi connectivity index (χ0n) is 10.0. The summed E-state index contributed by atoms with van der Waals surface area (Å²) in [7, 11) is 0. The van der Waals surface area contributed by atoms with E-state index in [0.717, 1.165) is 6.07 Å². The molecule has 2 aromatic carbocycles. The fraction of sp³-hybridized carbons (Fsp3) is 0. The molecule has 0 fully saturated rings. The third kappa shape index (κ3) is 3.16. The molecule has 0 saturated carbocycles. The van der Waals surface area contributed by atoms with Gasteiger partial charge in [-0.15, -0.1) is 0 Å². The van der Waals surface area contributed by atoms with Gasteiger partial charge in [0.15, 0.2) is 0 Å². The van der Waals surface area contributed by atoms with Crippen LogP contribution in [0.5, 0.6) is 0 Å². The summed E-state index contributed by atoms with van der Waals surface area (Å²) in [6.45, 7) is 0. The topological polar surface area (TPSA) is 23.8 Å². The lowest BCUT2D eigenvalue weighted by Crippen LogP contribution is -1.88. The van der Waals surface area contributed by atoms with E-state index in [1.54, 1.807) is 0 Å². The van der Waals surface area contributed by atoms with Crippen LogP contribution in [0.4, 0.5) is 8.78 Å². The summed E-state index contributed by atoms with van der Waals surface area (Å²) in [4.78, 5) is 0. The summed E-state index contributed by atoms with van der Waals surface area (Å²) in [6, 6.07) is 9.93. The Kier molecular flexibility index (Phi) is 4.39. The van der Waals surface area contributed by atoms with Crippen molar-refractivity contribution < 1.29 is 8.78 Å². The highest BCUT2D eigenvalue weighted by Crippen LogP contribution is 2.25. The predicted octanol–water partition coefficient (Wildman–Crippen LogP) is 5.34. The maximum atomic E-state index is 13.8. The molecule has 0 amide bonds. The number of hydrogen-bond donors (Lipinski definition) is 0. The number of benzene rings is 2. The first-order chi connectivity index (χ1) is 9.51. The summed E-state index contributed by atoms with van der Waals surface area (Å²) in [6.07, 6.45) is 1.43. The Hall–Kier alpha value is -1.89. The van der Waals surface area contributed by atoms with E-state index in [9.17, 15) is 8.78 Å². The van der Waals surface area contributed by atoms with Crippen LogP contribution >= 0.6 is 23.2 Å². The van der Waals surface area contributed by atoms with Crippen molar-refractivity contribution in [2.75, 3.05) is 0 Å². The van der Waals surface area contributed by atoms with Crippen molar-refractivity contribution in [1.82, 2.24) is 0 Å². The number of allylic oxidation sites excluding steroid dienone is 1. The smallest absolute Gasteiger partial charge is 0.141 e. The summed E-state index contributed by atoms with van der Waals surface area (Å²) < 4.78 is 26.8. The first kappa shape index (κ1) is 14.5. The van der Waals surface area contributed by atoms with E-state index in [2.05, 4.69) is 0 Å². The van der Waals surface area contributed by atoms with Gasteiger partial charge in [-0.05, 0) is 42.0 Å². The molecule has 0 aliphatic rings. The molecule has 1 nitrogen and oxygen atoms in total. The molecule has 20 heavy (non-hydrogen) atoms. The fourth-order valence-electron chi connectivity index (χ4n) is 1.65. The zero-order valence-corrected chi connectivity index (χ0v) is 11.5. The summed E-state index contributed by atoms with van der Waals surface area (Å²) in [5.74, 6) is -1.15. The lowest BCUT2D eigenvalue weighted by atomic mass is 10.0. The fourth-order valence-corrected chi connectivity index (χ4v) is 1.99. The first-order valence-corrected chi connectivity index (χ1v) is 6.29. The lowest BCUT2D eigenvalue weighted by molar-refractivity contribution is 0.624. The molecule has 0 bridgehead atoms. The monoisotopic (exact) mass is 309 g/mol. The van der Waals surface area contributed by atoms with E-state index in [1.165, 1.54) is 36.4 Å². The highest BCUT2D eigenvalue weighted by molar-refractivity contribution is 6.31. The Morgan fingerprint density at radius 3 is 2.40 bits per heavy atom. The van der Waals surface area contributed by atoms with Crippen LogP contribution < -0.4 is 0 Å². The van der Waals surface area contributed by atoms with E-state index in [-0.39, 0.29) is 21.2 Å². The van der Waals surface area contributed by atoms with Crippen molar-refractivity contribution in [2.45, 2.75) is 0 Å². The number of nitrogens with zero attached hydrogens (tertiary/aromatic N) is 1. The SMILES string of the molecule is N#C/C(=C\c1ccc(F)c(Cl)c1)c1ccc(Cl)cc1F. The van der Waals surface area contributed by atoms with Crippen molar-refractivity contribution in [3.8, 4) is 6.07 Å². The molecule has 0 unspecified atom stereocenters. The third-order valence-corrected chi connectivity index (χ3v) is 3.12. The van der Waals surface area contributed by atoms with Crippen molar-refractivity contribution >= 4 is 34.9 Å². The molecule has 2 rings (SSSR count). The molecule has 0 spiro atoms. The van der Waals surface area contributed by atoms with E-state index < -0.39 is 11.6 Å². The molecule has 0 aliphatic heterocycles. The second-order valence-corrected chi connectivity index (χ2v) is 4.81. The quantitative estimate of drug-likeness (QED) is 0.543. The van der Waals surface area contributed by atoms with Gasteiger partial charge in [0.1, 0.15) is 11.6 Å². The van der Waals surface area contributed by atoms with Gasteiger partial charge in [-0.1, -0.05) is 29.3 Å². The molecule has 0 aliphatic carbocycles. The Balaban J connectivity index is 2.49. The number of rotatable bonds is 2. The minimum Gasteiger partial charge on any atom is -0.206 e. The van der Waals surface area contributed by atoms with Crippen LogP contribution in [0.25, 0.3) is 11.6 Å². The van der Waals surface area contributed by atoms with Gasteiger partial charge in [0, 0.05) is 10.6 Å². The van der Waals surface area contributed by atoms with Crippen molar-refractivity contribution in [2.24, 2.45) is 0 Å². The van der Waals surface area contributed by atoms with Crippen molar-refractivity contribution in [1.29, 1.82) is 5.26 Å². The van der Waals surface area contributed by atoms with E-state index >= 15 is 0 Å². The molecule has 0 atom stereocenters. The van der Waals surface area contributed by atoms with Crippen LogP contribution in [0, 0.1) is 23.0 Å². The molecule has 100 valence electrons. The van der Waals surface area contributed by atoms with Gasteiger partial charge in [-0.25, -0.2) is 8.78 Å². The second-order valence-electron chi connectivity index (χ2n) is 3.97. The van der Waals surface area contributed by atoms with E-state index in [4.69, 9.17) is 28.5 Å². The zero-order chi connectivity index (χ0) is 14.7.